The average Bonchev–Trinajstić information content (AvgIpc) is 3.16. The summed E-state index contributed by atoms with van der Waals surface area (Å²) in [4.78, 5) is 19.3. The van der Waals surface area contributed by atoms with Crippen molar-refractivity contribution in [3.63, 3.8) is 0 Å². The van der Waals surface area contributed by atoms with E-state index < -0.39 is 0 Å². The summed E-state index contributed by atoms with van der Waals surface area (Å²) in [6.45, 7) is 4.19. The van der Waals surface area contributed by atoms with Crippen molar-refractivity contribution in [2.24, 2.45) is 5.92 Å². The third-order valence-corrected chi connectivity index (χ3v) is 5.63. The van der Waals surface area contributed by atoms with Crippen LogP contribution < -0.4 is 5.32 Å². The highest BCUT2D eigenvalue weighted by atomic mass is 35.5. The van der Waals surface area contributed by atoms with Crippen molar-refractivity contribution < 1.29 is 9.32 Å². The molecule has 1 saturated heterocycles. The van der Waals surface area contributed by atoms with Gasteiger partial charge in [-0.15, -0.1) is 0 Å². The molecule has 1 amide bonds. The number of carbonyl (C=O) groups excluding carboxylic acids is 1. The molecule has 8 heteroatoms. The Morgan fingerprint density at radius 1 is 1.17 bits per heavy atom. The van der Waals surface area contributed by atoms with E-state index in [4.69, 9.17) is 27.7 Å². The molecule has 3 aromatic rings. The van der Waals surface area contributed by atoms with E-state index in [9.17, 15) is 4.79 Å². The van der Waals surface area contributed by atoms with Gasteiger partial charge in [-0.2, -0.15) is 4.98 Å². The van der Waals surface area contributed by atoms with Crippen molar-refractivity contribution >= 4 is 34.8 Å². The molecule has 0 spiro atoms. The van der Waals surface area contributed by atoms with Crippen LogP contribution in [0.4, 0.5) is 5.69 Å². The molecule has 2 heterocycles. The summed E-state index contributed by atoms with van der Waals surface area (Å²) in [5.41, 5.74) is 2.72. The molecule has 156 valence electrons. The molecule has 0 atom stereocenters. The number of hydrogen-bond donors (Lipinski definition) is 1. The zero-order valence-corrected chi connectivity index (χ0v) is 18.1. The smallest absolute Gasteiger partial charge is 0.241 e. The van der Waals surface area contributed by atoms with Crippen LogP contribution >= 0.6 is 23.2 Å². The van der Waals surface area contributed by atoms with Crippen molar-refractivity contribution in [2.45, 2.75) is 26.3 Å². The maximum absolute atomic E-state index is 12.6. The minimum Gasteiger partial charge on any atom is -0.338 e. The standard InChI is InChI=1S/C22H22Cl2N4O2/c1-14-3-2-4-16(9-14)21-26-20(30-27-21)13-28-7-5-15(6-8-28)22(29)25-19-11-17(23)10-18(24)12-19/h2-4,9-12,15H,5-8,13H2,1H3,(H,25,29). The van der Waals surface area contributed by atoms with Crippen LogP contribution in [0.3, 0.4) is 0 Å². The number of nitrogens with zero attached hydrogens (tertiary/aromatic N) is 3. The molecule has 6 nitrogen and oxygen atoms in total. The molecule has 0 bridgehead atoms. The number of benzene rings is 2. The van der Waals surface area contributed by atoms with Gasteiger partial charge in [-0.05, 0) is 57.1 Å². The number of carbonyl (C=O) groups is 1. The summed E-state index contributed by atoms with van der Waals surface area (Å²) in [5, 5.41) is 8.01. The first-order valence-corrected chi connectivity index (χ1v) is 10.6. The number of likely N-dealkylation sites (tertiary alicyclic amines) is 1. The van der Waals surface area contributed by atoms with E-state index in [-0.39, 0.29) is 11.8 Å². The van der Waals surface area contributed by atoms with Gasteiger partial charge >= 0.3 is 0 Å². The molecule has 0 aliphatic carbocycles. The van der Waals surface area contributed by atoms with Crippen molar-refractivity contribution in [1.82, 2.24) is 15.0 Å². The van der Waals surface area contributed by atoms with Gasteiger partial charge in [-0.3, -0.25) is 9.69 Å². The van der Waals surface area contributed by atoms with Crippen molar-refractivity contribution in [1.29, 1.82) is 0 Å². The zero-order chi connectivity index (χ0) is 21.1. The van der Waals surface area contributed by atoms with Crippen molar-refractivity contribution in [2.75, 3.05) is 18.4 Å². The van der Waals surface area contributed by atoms with Crippen LogP contribution in [0.1, 0.15) is 24.3 Å². The van der Waals surface area contributed by atoms with E-state index >= 15 is 0 Å². The summed E-state index contributed by atoms with van der Waals surface area (Å²) in [5.74, 6) is 1.13. The first-order chi connectivity index (χ1) is 14.5. The van der Waals surface area contributed by atoms with Crippen LogP contribution in [0, 0.1) is 12.8 Å². The molecule has 0 radical (unpaired) electrons. The number of hydrogen-bond acceptors (Lipinski definition) is 5. The Hall–Kier alpha value is -2.41. The minimum absolute atomic E-state index is 0.00694. The van der Waals surface area contributed by atoms with Crippen molar-refractivity contribution in [3.8, 4) is 11.4 Å². The lowest BCUT2D eigenvalue weighted by atomic mass is 9.96. The van der Waals surface area contributed by atoms with Gasteiger partial charge in [0, 0.05) is 27.2 Å². The quantitative estimate of drug-likeness (QED) is 0.585. The Bertz CT molecular complexity index is 1020. The summed E-state index contributed by atoms with van der Waals surface area (Å²) < 4.78 is 5.43. The second-order valence-corrected chi connectivity index (χ2v) is 8.45. The lowest BCUT2D eigenvalue weighted by Gasteiger charge is -2.30. The number of rotatable bonds is 5. The van der Waals surface area contributed by atoms with Crippen LogP contribution in [0.5, 0.6) is 0 Å². The summed E-state index contributed by atoms with van der Waals surface area (Å²) in [6, 6.07) is 13.0. The Morgan fingerprint density at radius 2 is 1.90 bits per heavy atom. The fraction of sp³-hybridized carbons (Fsp3) is 0.318. The number of halogens is 2. The molecule has 1 N–H and O–H groups in total. The Kier molecular flexibility index (Phi) is 6.37. The van der Waals surface area contributed by atoms with Crippen LogP contribution in [-0.2, 0) is 11.3 Å². The summed E-state index contributed by atoms with van der Waals surface area (Å²) >= 11 is 12.0. The molecule has 0 unspecified atom stereocenters. The van der Waals surface area contributed by atoms with Gasteiger partial charge in [0.05, 0.1) is 6.54 Å². The van der Waals surface area contributed by atoms with Gasteiger partial charge in [0.25, 0.3) is 0 Å². The number of aryl methyl sites for hydroxylation is 1. The van der Waals surface area contributed by atoms with E-state index in [0.717, 1.165) is 37.1 Å². The number of nitrogens with one attached hydrogen (secondary N) is 1. The highest BCUT2D eigenvalue weighted by Crippen LogP contribution is 2.25. The monoisotopic (exact) mass is 444 g/mol. The lowest BCUT2D eigenvalue weighted by molar-refractivity contribution is -0.121. The van der Waals surface area contributed by atoms with Crippen LogP contribution in [0.15, 0.2) is 47.0 Å². The number of anilines is 1. The SMILES string of the molecule is Cc1cccc(-c2noc(CN3CCC(C(=O)Nc4cc(Cl)cc(Cl)c4)CC3)n2)c1. The molecule has 2 aromatic carbocycles. The Morgan fingerprint density at radius 3 is 2.60 bits per heavy atom. The summed E-state index contributed by atoms with van der Waals surface area (Å²) in [7, 11) is 0. The van der Waals surface area contributed by atoms with E-state index in [1.165, 1.54) is 0 Å². The number of aromatic nitrogens is 2. The lowest BCUT2D eigenvalue weighted by Crippen LogP contribution is -2.37. The largest absolute Gasteiger partial charge is 0.338 e. The molecule has 1 aromatic heterocycles. The predicted octanol–water partition coefficient (Wildman–Crippen LogP) is 5.20. The third kappa shape index (κ3) is 5.19. The summed E-state index contributed by atoms with van der Waals surface area (Å²) in [6.07, 6.45) is 1.53. The van der Waals surface area contributed by atoms with E-state index in [2.05, 4.69) is 20.4 Å². The maximum atomic E-state index is 12.6. The van der Waals surface area contributed by atoms with Gasteiger partial charge in [0.1, 0.15) is 0 Å². The molecule has 0 saturated carbocycles. The van der Waals surface area contributed by atoms with Gasteiger partial charge in [0.2, 0.25) is 17.6 Å². The fourth-order valence-corrected chi connectivity index (χ4v) is 4.16. The predicted molar refractivity (Wildman–Crippen MR) is 118 cm³/mol. The van der Waals surface area contributed by atoms with E-state index in [1.807, 2.05) is 31.2 Å². The molecular formula is C22H22Cl2N4O2. The molecule has 1 aliphatic heterocycles. The number of amides is 1. The van der Waals surface area contributed by atoms with Crippen LogP contribution in [-0.4, -0.2) is 34.0 Å². The fourth-order valence-electron chi connectivity index (χ4n) is 3.64. The van der Waals surface area contributed by atoms with E-state index in [1.54, 1.807) is 18.2 Å². The van der Waals surface area contributed by atoms with Crippen LogP contribution in [0.25, 0.3) is 11.4 Å². The van der Waals surface area contributed by atoms with Gasteiger partial charge in [0.15, 0.2) is 0 Å². The molecule has 4 rings (SSSR count). The zero-order valence-electron chi connectivity index (χ0n) is 16.6. The molecular weight excluding hydrogens is 423 g/mol. The maximum Gasteiger partial charge on any atom is 0.241 e. The highest BCUT2D eigenvalue weighted by molar-refractivity contribution is 6.35. The average molecular weight is 445 g/mol. The molecule has 1 fully saturated rings. The molecule has 1 aliphatic rings. The van der Waals surface area contributed by atoms with Gasteiger partial charge in [-0.25, -0.2) is 0 Å². The Balaban J connectivity index is 1.30. The first kappa shape index (κ1) is 20.8. The van der Waals surface area contributed by atoms with E-state index in [0.29, 0.717) is 34.0 Å². The highest BCUT2D eigenvalue weighted by Gasteiger charge is 2.26. The second kappa shape index (κ2) is 9.16. The van der Waals surface area contributed by atoms with Crippen molar-refractivity contribution in [3.05, 3.63) is 64.0 Å². The minimum atomic E-state index is -0.0513. The molecule has 30 heavy (non-hydrogen) atoms. The first-order valence-electron chi connectivity index (χ1n) is 9.85. The normalized spacial score (nSPS) is 15.3. The third-order valence-electron chi connectivity index (χ3n) is 5.19. The van der Waals surface area contributed by atoms with Crippen LogP contribution in [0.2, 0.25) is 10.0 Å². The Labute approximate surface area is 185 Å². The van der Waals surface area contributed by atoms with Gasteiger partial charge in [-0.1, -0.05) is 52.1 Å². The number of piperidine rings is 1. The van der Waals surface area contributed by atoms with Gasteiger partial charge < -0.3 is 9.84 Å². The second-order valence-electron chi connectivity index (χ2n) is 7.58. The topological polar surface area (TPSA) is 71.3 Å².